The lowest BCUT2D eigenvalue weighted by Crippen LogP contribution is -2.47. The summed E-state index contributed by atoms with van der Waals surface area (Å²) >= 11 is 0. The molecule has 112 valence electrons. The normalized spacial score (nSPS) is 36.6. The molecule has 2 fully saturated rings. The Balaban J connectivity index is 1.78. The van der Waals surface area contributed by atoms with E-state index in [1.165, 1.54) is 51.4 Å². The van der Waals surface area contributed by atoms with Crippen LogP contribution in [0.25, 0.3) is 0 Å². The van der Waals surface area contributed by atoms with Crippen LogP contribution >= 0.6 is 0 Å². The predicted octanol–water partition coefficient (Wildman–Crippen LogP) is 2.80. The van der Waals surface area contributed by atoms with Gasteiger partial charge in [-0.05, 0) is 65.0 Å². The van der Waals surface area contributed by atoms with Crippen molar-refractivity contribution in [2.24, 2.45) is 0 Å². The number of ether oxygens (including phenoxy) is 1. The molecule has 2 unspecified atom stereocenters. The molecule has 0 spiro atoms. The maximum absolute atomic E-state index is 5.57. The summed E-state index contributed by atoms with van der Waals surface area (Å²) in [5.41, 5.74) is 0. The number of nitrogens with one attached hydrogen (secondary N) is 1. The summed E-state index contributed by atoms with van der Waals surface area (Å²) in [5, 5.41) is 3.60. The highest BCUT2D eigenvalue weighted by Gasteiger charge is 2.30. The molecule has 0 aromatic rings. The van der Waals surface area contributed by atoms with Gasteiger partial charge in [-0.3, -0.25) is 0 Å². The molecule has 0 radical (unpaired) electrons. The molecule has 2 aliphatic rings. The first kappa shape index (κ1) is 15.3. The van der Waals surface area contributed by atoms with Gasteiger partial charge in [-0.25, -0.2) is 0 Å². The summed E-state index contributed by atoms with van der Waals surface area (Å²) in [5.74, 6) is 0. The Labute approximate surface area is 119 Å². The molecule has 0 amide bonds. The van der Waals surface area contributed by atoms with E-state index in [1.807, 2.05) is 7.11 Å². The minimum absolute atomic E-state index is 0.499. The van der Waals surface area contributed by atoms with E-state index in [9.17, 15) is 0 Å². The van der Waals surface area contributed by atoms with Gasteiger partial charge in [0, 0.05) is 25.2 Å². The third kappa shape index (κ3) is 4.17. The maximum Gasteiger partial charge on any atom is 0.0586 e. The molecule has 1 N–H and O–H groups in total. The topological polar surface area (TPSA) is 24.5 Å². The molecule has 19 heavy (non-hydrogen) atoms. The average molecular weight is 268 g/mol. The van der Waals surface area contributed by atoms with Gasteiger partial charge in [0.05, 0.1) is 6.10 Å². The molecule has 0 aromatic heterocycles. The van der Waals surface area contributed by atoms with Crippen LogP contribution in [0, 0.1) is 0 Å². The standard InChI is InChI=1S/C16H32N2O/c1-4-17-13-8-10-14(11-9-13)18(2)15-6-5-7-16(12-15)19-3/h13-17H,4-12H2,1-3H3. The van der Waals surface area contributed by atoms with Gasteiger partial charge in [-0.15, -0.1) is 0 Å². The van der Waals surface area contributed by atoms with Gasteiger partial charge >= 0.3 is 0 Å². The lowest BCUT2D eigenvalue weighted by atomic mass is 9.86. The Morgan fingerprint density at radius 3 is 2.42 bits per heavy atom. The largest absolute Gasteiger partial charge is 0.381 e. The zero-order chi connectivity index (χ0) is 13.7. The number of rotatable bonds is 5. The molecule has 0 bridgehead atoms. The highest BCUT2D eigenvalue weighted by Crippen LogP contribution is 2.30. The van der Waals surface area contributed by atoms with Crippen molar-refractivity contribution in [3.8, 4) is 0 Å². The van der Waals surface area contributed by atoms with Crippen LogP contribution in [0.1, 0.15) is 58.3 Å². The Morgan fingerprint density at radius 2 is 1.79 bits per heavy atom. The quantitative estimate of drug-likeness (QED) is 0.830. The van der Waals surface area contributed by atoms with Crippen LogP contribution in [0.5, 0.6) is 0 Å². The van der Waals surface area contributed by atoms with E-state index in [1.54, 1.807) is 0 Å². The fourth-order valence-corrected chi connectivity index (χ4v) is 3.98. The first-order valence-corrected chi connectivity index (χ1v) is 8.22. The average Bonchev–Trinajstić information content (AvgIpc) is 2.48. The third-order valence-electron chi connectivity index (χ3n) is 5.27. The highest BCUT2D eigenvalue weighted by molar-refractivity contribution is 4.87. The van der Waals surface area contributed by atoms with E-state index in [2.05, 4.69) is 24.2 Å². The lowest BCUT2D eigenvalue weighted by Gasteiger charge is -2.42. The van der Waals surface area contributed by atoms with Crippen molar-refractivity contribution in [1.29, 1.82) is 0 Å². The fraction of sp³-hybridized carbons (Fsp3) is 1.00. The van der Waals surface area contributed by atoms with E-state index in [4.69, 9.17) is 4.74 Å². The maximum atomic E-state index is 5.57. The summed E-state index contributed by atoms with van der Waals surface area (Å²) < 4.78 is 5.57. The second kappa shape index (κ2) is 7.61. The minimum Gasteiger partial charge on any atom is -0.381 e. The van der Waals surface area contributed by atoms with Gasteiger partial charge in [0.1, 0.15) is 0 Å². The number of nitrogens with zero attached hydrogens (tertiary/aromatic N) is 1. The number of hydrogen-bond donors (Lipinski definition) is 1. The van der Waals surface area contributed by atoms with Crippen LogP contribution in [0.3, 0.4) is 0 Å². The van der Waals surface area contributed by atoms with Crippen molar-refractivity contribution in [3.05, 3.63) is 0 Å². The fourth-order valence-electron chi connectivity index (χ4n) is 3.98. The van der Waals surface area contributed by atoms with Gasteiger partial charge in [-0.1, -0.05) is 6.92 Å². The van der Waals surface area contributed by atoms with Gasteiger partial charge in [0.25, 0.3) is 0 Å². The number of hydrogen-bond acceptors (Lipinski definition) is 3. The molecule has 2 atom stereocenters. The van der Waals surface area contributed by atoms with Crippen molar-refractivity contribution in [1.82, 2.24) is 10.2 Å². The van der Waals surface area contributed by atoms with Gasteiger partial charge in [0.15, 0.2) is 0 Å². The highest BCUT2D eigenvalue weighted by atomic mass is 16.5. The van der Waals surface area contributed by atoms with E-state index in [-0.39, 0.29) is 0 Å². The minimum atomic E-state index is 0.499. The van der Waals surface area contributed by atoms with E-state index < -0.39 is 0 Å². The Hall–Kier alpha value is -0.120. The second-order valence-electron chi connectivity index (χ2n) is 6.41. The van der Waals surface area contributed by atoms with Gasteiger partial charge in [0.2, 0.25) is 0 Å². The molecular formula is C16H32N2O. The second-order valence-corrected chi connectivity index (χ2v) is 6.41. The first-order valence-electron chi connectivity index (χ1n) is 8.22. The molecule has 0 heterocycles. The summed E-state index contributed by atoms with van der Waals surface area (Å²) in [6.45, 7) is 3.33. The van der Waals surface area contributed by atoms with Crippen molar-refractivity contribution in [2.75, 3.05) is 20.7 Å². The Morgan fingerprint density at radius 1 is 1.05 bits per heavy atom. The van der Waals surface area contributed by atoms with Crippen LogP contribution in [0.4, 0.5) is 0 Å². The molecule has 2 aliphatic carbocycles. The van der Waals surface area contributed by atoms with Crippen LogP contribution < -0.4 is 5.32 Å². The van der Waals surface area contributed by atoms with Crippen LogP contribution in [0.2, 0.25) is 0 Å². The summed E-state index contributed by atoms with van der Waals surface area (Å²) in [4.78, 5) is 2.67. The zero-order valence-electron chi connectivity index (χ0n) is 13.0. The van der Waals surface area contributed by atoms with Crippen LogP contribution in [0.15, 0.2) is 0 Å². The molecular weight excluding hydrogens is 236 g/mol. The monoisotopic (exact) mass is 268 g/mol. The molecule has 0 aliphatic heterocycles. The van der Waals surface area contributed by atoms with E-state index in [0.29, 0.717) is 6.10 Å². The van der Waals surface area contributed by atoms with Crippen molar-refractivity contribution in [3.63, 3.8) is 0 Å². The van der Waals surface area contributed by atoms with Crippen LogP contribution in [-0.2, 0) is 4.74 Å². The van der Waals surface area contributed by atoms with E-state index in [0.717, 1.165) is 24.7 Å². The molecule has 3 nitrogen and oxygen atoms in total. The summed E-state index contributed by atoms with van der Waals surface area (Å²) in [7, 11) is 4.22. The van der Waals surface area contributed by atoms with Crippen molar-refractivity contribution >= 4 is 0 Å². The van der Waals surface area contributed by atoms with Gasteiger partial charge in [-0.2, -0.15) is 0 Å². The van der Waals surface area contributed by atoms with Gasteiger partial charge < -0.3 is 15.0 Å². The summed E-state index contributed by atoms with van der Waals surface area (Å²) in [6, 6.07) is 2.32. The zero-order valence-corrected chi connectivity index (χ0v) is 13.0. The van der Waals surface area contributed by atoms with E-state index >= 15 is 0 Å². The molecule has 2 rings (SSSR count). The Kier molecular flexibility index (Phi) is 6.11. The SMILES string of the molecule is CCNC1CCC(N(C)C2CCCC(OC)C2)CC1. The molecule has 0 aromatic carbocycles. The molecule has 3 heteroatoms. The number of methoxy groups -OCH3 is 1. The smallest absolute Gasteiger partial charge is 0.0586 e. The first-order chi connectivity index (χ1) is 9.24. The Bertz CT molecular complexity index is 251. The third-order valence-corrected chi connectivity index (χ3v) is 5.27. The molecule has 2 saturated carbocycles. The summed E-state index contributed by atoms with van der Waals surface area (Å²) in [6.07, 6.45) is 11.1. The van der Waals surface area contributed by atoms with Crippen molar-refractivity contribution in [2.45, 2.75) is 82.5 Å². The predicted molar refractivity (Wildman–Crippen MR) is 80.5 cm³/mol. The lowest BCUT2D eigenvalue weighted by molar-refractivity contribution is 0.0171. The van der Waals surface area contributed by atoms with Crippen molar-refractivity contribution < 1.29 is 4.74 Å². The van der Waals surface area contributed by atoms with Crippen LogP contribution in [-0.4, -0.2) is 49.8 Å². The molecule has 0 saturated heterocycles.